The fourth-order valence-electron chi connectivity index (χ4n) is 2.32. The van der Waals surface area contributed by atoms with E-state index in [0.717, 1.165) is 36.3 Å². The number of piperazine rings is 1. The topological polar surface area (TPSA) is 32.5 Å². The molecule has 1 heterocycles. The molecule has 0 aliphatic carbocycles. The van der Waals surface area contributed by atoms with Gasteiger partial charge in [-0.1, -0.05) is 22.0 Å². The van der Waals surface area contributed by atoms with E-state index < -0.39 is 0 Å². The van der Waals surface area contributed by atoms with E-state index >= 15 is 0 Å². The molecule has 1 aromatic carbocycles. The zero-order valence-electron chi connectivity index (χ0n) is 10.5. The van der Waals surface area contributed by atoms with Gasteiger partial charge in [-0.2, -0.15) is 0 Å². The molecule has 1 atom stereocenters. The van der Waals surface area contributed by atoms with E-state index in [-0.39, 0.29) is 0 Å². The average Bonchev–Trinajstić information content (AvgIpc) is 2.25. The molecule has 0 saturated carbocycles. The fraction of sp³-hybridized carbons (Fsp3) is 0.538. The molecule has 1 aliphatic rings. The Morgan fingerprint density at radius 3 is 2.82 bits per heavy atom. The van der Waals surface area contributed by atoms with Crippen LogP contribution >= 0.6 is 15.9 Å². The number of halogens is 1. The number of likely N-dealkylation sites (N-methyl/N-ethyl adjacent to an activating group) is 1. The molecule has 1 aromatic rings. The molecule has 0 aromatic heterocycles. The molecule has 94 valence electrons. The Hall–Kier alpha value is -0.580. The van der Waals surface area contributed by atoms with E-state index in [1.54, 1.807) is 0 Å². The molecular formula is C13H20BrN3. The standard InChI is InChI=1S/C13H20BrN3/c1-10-8-16(2)5-6-17(10)9-11-3-4-12(15)7-13(11)14/h3-4,7,10H,5-6,8-9,15H2,1-2H3. The first kappa shape index (κ1) is 12.9. The average molecular weight is 298 g/mol. The van der Waals surface area contributed by atoms with Gasteiger partial charge < -0.3 is 10.6 Å². The lowest BCUT2D eigenvalue weighted by atomic mass is 10.1. The maximum absolute atomic E-state index is 5.76. The van der Waals surface area contributed by atoms with Gasteiger partial charge in [0.25, 0.3) is 0 Å². The summed E-state index contributed by atoms with van der Waals surface area (Å²) in [5.74, 6) is 0. The summed E-state index contributed by atoms with van der Waals surface area (Å²) in [7, 11) is 2.19. The van der Waals surface area contributed by atoms with E-state index in [2.05, 4.69) is 45.8 Å². The van der Waals surface area contributed by atoms with Crippen molar-refractivity contribution in [3.05, 3.63) is 28.2 Å². The summed E-state index contributed by atoms with van der Waals surface area (Å²) in [6, 6.07) is 6.68. The Morgan fingerprint density at radius 2 is 2.18 bits per heavy atom. The molecule has 0 amide bonds. The summed E-state index contributed by atoms with van der Waals surface area (Å²) in [4.78, 5) is 4.91. The highest BCUT2D eigenvalue weighted by molar-refractivity contribution is 9.10. The van der Waals surface area contributed by atoms with Crippen LogP contribution in [0.2, 0.25) is 0 Å². The van der Waals surface area contributed by atoms with Gasteiger partial charge in [0.05, 0.1) is 0 Å². The van der Waals surface area contributed by atoms with Crippen LogP contribution in [-0.2, 0) is 6.54 Å². The second-order valence-electron chi connectivity index (χ2n) is 4.93. The van der Waals surface area contributed by atoms with Crippen LogP contribution in [0.15, 0.2) is 22.7 Å². The van der Waals surface area contributed by atoms with Gasteiger partial charge in [0.15, 0.2) is 0 Å². The van der Waals surface area contributed by atoms with Gasteiger partial charge in [-0.3, -0.25) is 4.90 Å². The van der Waals surface area contributed by atoms with Crippen molar-refractivity contribution in [2.24, 2.45) is 0 Å². The zero-order valence-corrected chi connectivity index (χ0v) is 12.1. The van der Waals surface area contributed by atoms with E-state index in [0.29, 0.717) is 6.04 Å². The summed E-state index contributed by atoms with van der Waals surface area (Å²) in [6.07, 6.45) is 0. The summed E-state index contributed by atoms with van der Waals surface area (Å²) in [5, 5.41) is 0. The number of benzene rings is 1. The quantitative estimate of drug-likeness (QED) is 0.849. The maximum atomic E-state index is 5.76. The number of rotatable bonds is 2. The third-order valence-electron chi connectivity index (χ3n) is 3.42. The molecule has 0 radical (unpaired) electrons. The van der Waals surface area contributed by atoms with Crippen LogP contribution in [-0.4, -0.2) is 42.5 Å². The third-order valence-corrected chi connectivity index (χ3v) is 4.16. The van der Waals surface area contributed by atoms with E-state index in [1.807, 2.05) is 12.1 Å². The molecule has 4 heteroatoms. The fourth-order valence-corrected chi connectivity index (χ4v) is 2.84. The van der Waals surface area contributed by atoms with Crippen LogP contribution in [0.1, 0.15) is 12.5 Å². The number of nitrogen functional groups attached to an aromatic ring is 1. The molecule has 3 nitrogen and oxygen atoms in total. The molecule has 0 bridgehead atoms. The van der Waals surface area contributed by atoms with Crippen LogP contribution < -0.4 is 5.73 Å². The largest absolute Gasteiger partial charge is 0.399 e. The Kier molecular flexibility index (Phi) is 4.07. The first-order valence-corrected chi connectivity index (χ1v) is 6.82. The molecule has 0 spiro atoms. The monoisotopic (exact) mass is 297 g/mol. The van der Waals surface area contributed by atoms with Crippen molar-refractivity contribution < 1.29 is 0 Å². The Labute approximate surface area is 112 Å². The van der Waals surface area contributed by atoms with Crippen molar-refractivity contribution in [2.45, 2.75) is 19.5 Å². The highest BCUT2D eigenvalue weighted by Gasteiger charge is 2.21. The first-order valence-electron chi connectivity index (χ1n) is 6.03. The Balaban J connectivity index is 2.05. The van der Waals surface area contributed by atoms with Crippen molar-refractivity contribution in [2.75, 3.05) is 32.4 Å². The third kappa shape index (κ3) is 3.21. The molecule has 1 aliphatic heterocycles. The predicted molar refractivity (Wildman–Crippen MR) is 75.9 cm³/mol. The van der Waals surface area contributed by atoms with Gasteiger partial charge >= 0.3 is 0 Å². The SMILES string of the molecule is CC1CN(C)CCN1Cc1ccc(N)cc1Br. The lowest BCUT2D eigenvalue weighted by Crippen LogP contribution is -2.49. The van der Waals surface area contributed by atoms with Crippen molar-refractivity contribution in [1.29, 1.82) is 0 Å². The molecule has 2 N–H and O–H groups in total. The molecule has 1 fully saturated rings. The van der Waals surface area contributed by atoms with Crippen LogP contribution in [0, 0.1) is 0 Å². The highest BCUT2D eigenvalue weighted by atomic mass is 79.9. The van der Waals surface area contributed by atoms with E-state index in [4.69, 9.17) is 5.73 Å². The second-order valence-corrected chi connectivity index (χ2v) is 5.79. The van der Waals surface area contributed by atoms with E-state index in [1.165, 1.54) is 5.56 Å². The summed E-state index contributed by atoms with van der Waals surface area (Å²) < 4.78 is 1.11. The number of hydrogen-bond donors (Lipinski definition) is 1. The van der Waals surface area contributed by atoms with Gasteiger partial charge in [0, 0.05) is 42.4 Å². The maximum Gasteiger partial charge on any atom is 0.0325 e. The molecule has 1 saturated heterocycles. The van der Waals surface area contributed by atoms with Crippen LogP contribution in [0.3, 0.4) is 0 Å². The van der Waals surface area contributed by atoms with Gasteiger partial charge in [0.2, 0.25) is 0 Å². The molecule has 2 rings (SSSR count). The van der Waals surface area contributed by atoms with Crippen LogP contribution in [0.25, 0.3) is 0 Å². The van der Waals surface area contributed by atoms with Gasteiger partial charge in [0.1, 0.15) is 0 Å². The summed E-state index contributed by atoms with van der Waals surface area (Å²) in [6.45, 7) is 6.72. The predicted octanol–water partition coefficient (Wildman–Crippen LogP) is 2.17. The smallest absolute Gasteiger partial charge is 0.0325 e. The lowest BCUT2D eigenvalue weighted by Gasteiger charge is -2.38. The first-order chi connectivity index (χ1) is 8.06. The van der Waals surface area contributed by atoms with Crippen molar-refractivity contribution in [1.82, 2.24) is 9.80 Å². The number of hydrogen-bond acceptors (Lipinski definition) is 3. The van der Waals surface area contributed by atoms with Crippen molar-refractivity contribution >= 4 is 21.6 Å². The normalized spacial score (nSPS) is 22.9. The lowest BCUT2D eigenvalue weighted by molar-refractivity contribution is 0.0936. The molecule has 17 heavy (non-hydrogen) atoms. The Bertz CT molecular complexity index is 394. The summed E-state index contributed by atoms with van der Waals surface area (Å²) in [5.41, 5.74) is 7.88. The minimum Gasteiger partial charge on any atom is -0.399 e. The second kappa shape index (κ2) is 5.38. The highest BCUT2D eigenvalue weighted by Crippen LogP contribution is 2.22. The van der Waals surface area contributed by atoms with Crippen LogP contribution in [0.5, 0.6) is 0 Å². The van der Waals surface area contributed by atoms with Crippen molar-refractivity contribution in [3.63, 3.8) is 0 Å². The summed E-state index contributed by atoms with van der Waals surface area (Å²) >= 11 is 3.59. The Morgan fingerprint density at radius 1 is 1.41 bits per heavy atom. The molecular weight excluding hydrogens is 278 g/mol. The number of anilines is 1. The van der Waals surface area contributed by atoms with Crippen molar-refractivity contribution in [3.8, 4) is 0 Å². The number of nitrogens with two attached hydrogens (primary N) is 1. The zero-order chi connectivity index (χ0) is 12.4. The minimum atomic E-state index is 0.609. The molecule has 1 unspecified atom stereocenters. The van der Waals surface area contributed by atoms with Gasteiger partial charge in [-0.25, -0.2) is 0 Å². The van der Waals surface area contributed by atoms with E-state index in [9.17, 15) is 0 Å². The van der Waals surface area contributed by atoms with Crippen LogP contribution in [0.4, 0.5) is 5.69 Å². The van der Waals surface area contributed by atoms with Gasteiger partial charge in [-0.05, 0) is 31.7 Å². The number of nitrogens with zero attached hydrogens (tertiary/aromatic N) is 2. The van der Waals surface area contributed by atoms with Gasteiger partial charge in [-0.15, -0.1) is 0 Å². The minimum absolute atomic E-state index is 0.609.